The molecule has 0 amide bonds. The molecule has 1 N–H and O–H groups in total. The second kappa shape index (κ2) is 8.48. The van der Waals surface area contributed by atoms with Gasteiger partial charge in [0.1, 0.15) is 0 Å². The van der Waals surface area contributed by atoms with Gasteiger partial charge in [-0.1, -0.05) is 43.2 Å². The number of hydrogen-bond acceptors (Lipinski definition) is 5. The summed E-state index contributed by atoms with van der Waals surface area (Å²) >= 11 is 1.62. The fraction of sp³-hybridized carbons (Fsp3) is 0.500. The van der Waals surface area contributed by atoms with E-state index in [2.05, 4.69) is 10.5 Å². The number of aryl methyl sites for hydroxylation is 1. The van der Waals surface area contributed by atoms with Crippen LogP contribution in [0, 0.1) is 17.0 Å². The number of nitrogens with zero attached hydrogens (tertiary/aromatic N) is 3. The average Bonchev–Trinajstić information content (AvgIpc) is 2.57. The number of thioether (sulfide) groups is 1. The maximum atomic E-state index is 11.1. The fourth-order valence-corrected chi connectivity index (χ4v) is 3.73. The average molecular weight is 369 g/mol. The molecule has 1 aromatic rings. The summed E-state index contributed by atoms with van der Waals surface area (Å²) in [4.78, 5) is 15.4. The molecule has 1 aromatic carbocycles. The number of aliphatic imine (C=N–C) groups is 1. The zero-order valence-corrected chi connectivity index (χ0v) is 15.2. The highest BCUT2D eigenvalue weighted by atomic mass is 35.5. The molecule has 1 fully saturated rings. The quantitative estimate of drug-likeness (QED) is 0.644. The molecule has 0 radical (unpaired) electrons. The topological polar surface area (TPSA) is 79.9 Å². The lowest BCUT2D eigenvalue weighted by Gasteiger charge is -2.21. The van der Waals surface area contributed by atoms with E-state index in [-0.39, 0.29) is 23.0 Å². The number of hydrazone groups is 1. The van der Waals surface area contributed by atoms with Crippen molar-refractivity contribution in [3.63, 3.8) is 0 Å². The second-order valence-electron chi connectivity index (χ2n) is 5.94. The van der Waals surface area contributed by atoms with E-state index in [9.17, 15) is 10.1 Å². The van der Waals surface area contributed by atoms with E-state index < -0.39 is 0 Å². The van der Waals surface area contributed by atoms with Crippen molar-refractivity contribution in [1.82, 2.24) is 5.43 Å². The van der Waals surface area contributed by atoms with Gasteiger partial charge in [0.25, 0.3) is 5.69 Å². The van der Waals surface area contributed by atoms with Crippen molar-refractivity contribution in [2.75, 3.05) is 5.75 Å². The van der Waals surface area contributed by atoms with Crippen molar-refractivity contribution in [3.8, 4) is 0 Å². The molecule has 3 rings (SSSR count). The lowest BCUT2D eigenvalue weighted by atomic mass is 9.96. The molecule has 24 heavy (non-hydrogen) atoms. The van der Waals surface area contributed by atoms with Gasteiger partial charge in [-0.3, -0.25) is 20.5 Å². The number of nitrogens with one attached hydrogen (secondary N) is 1. The van der Waals surface area contributed by atoms with Crippen LogP contribution < -0.4 is 5.43 Å². The van der Waals surface area contributed by atoms with Crippen LogP contribution in [0.1, 0.15) is 43.2 Å². The minimum atomic E-state index is -0.348. The normalized spacial score (nSPS) is 20.0. The van der Waals surface area contributed by atoms with Gasteiger partial charge in [-0.15, -0.1) is 12.4 Å². The molecule has 0 spiro atoms. The first-order valence-corrected chi connectivity index (χ1v) is 8.90. The van der Waals surface area contributed by atoms with Crippen molar-refractivity contribution in [3.05, 3.63) is 39.4 Å². The molecule has 0 saturated heterocycles. The van der Waals surface area contributed by atoms with Crippen LogP contribution in [-0.2, 0) is 0 Å². The monoisotopic (exact) mass is 368 g/mol. The van der Waals surface area contributed by atoms with Gasteiger partial charge in [-0.05, 0) is 19.8 Å². The maximum absolute atomic E-state index is 11.1. The Morgan fingerprint density at radius 2 is 2.08 bits per heavy atom. The highest BCUT2D eigenvalue weighted by molar-refractivity contribution is 8.14. The maximum Gasteiger partial charge on any atom is 0.272 e. The van der Waals surface area contributed by atoms with Gasteiger partial charge < -0.3 is 0 Å². The highest BCUT2D eigenvalue weighted by Crippen LogP contribution is 2.24. The van der Waals surface area contributed by atoms with Gasteiger partial charge >= 0.3 is 0 Å². The van der Waals surface area contributed by atoms with Gasteiger partial charge in [0.2, 0.25) is 0 Å². The van der Waals surface area contributed by atoms with E-state index in [4.69, 9.17) is 4.99 Å². The van der Waals surface area contributed by atoms with Crippen LogP contribution in [0.5, 0.6) is 0 Å². The van der Waals surface area contributed by atoms with E-state index >= 15 is 0 Å². The lowest BCUT2D eigenvalue weighted by Crippen LogP contribution is -2.27. The summed E-state index contributed by atoms with van der Waals surface area (Å²) in [7, 11) is 0. The van der Waals surface area contributed by atoms with Gasteiger partial charge in [-0.25, -0.2) is 0 Å². The van der Waals surface area contributed by atoms with E-state index in [1.54, 1.807) is 30.8 Å². The summed E-state index contributed by atoms with van der Waals surface area (Å²) in [5, 5.41) is 16.3. The first-order valence-electron chi connectivity index (χ1n) is 7.92. The molecule has 130 valence electrons. The molecule has 0 unspecified atom stereocenters. The standard InChI is InChI=1S/C16H20N4O2S.ClH/c1-11-7-8-12(9-15(11)20(21)22)14-10-23-16(19-18-14)17-13-5-3-2-4-6-13;/h7-9,13H,2-6,10H2,1H3,(H,17,19);1H. The smallest absolute Gasteiger partial charge is 0.258 e. The summed E-state index contributed by atoms with van der Waals surface area (Å²) < 4.78 is 0. The predicted molar refractivity (Wildman–Crippen MR) is 102 cm³/mol. The summed E-state index contributed by atoms with van der Waals surface area (Å²) in [6.45, 7) is 1.74. The first-order chi connectivity index (χ1) is 11.1. The Balaban J connectivity index is 0.00000208. The van der Waals surface area contributed by atoms with Crippen molar-refractivity contribution in [2.45, 2.75) is 45.1 Å². The number of benzene rings is 1. The van der Waals surface area contributed by atoms with Crippen LogP contribution in [0.15, 0.2) is 28.3 Å². The third-order valence-corrected chi connectivity index (χ3v) is 5.13. The Bertz CT molecular complexity index is 672. The molecule has 0 aromatic heterocycles. The molecular formula is C16H21ClN4O2S. The molecule has 1 heterocycles. The van der Waals surface area contributed by atoms with Crippen LogP contribution in [0.4, 0.5) is 5.69 Å². The van der Waals surface area contributed by atoms with E-state index in [1.807, 2.05) is 6.07 Å². The summed E-state index contributed by atoms with van der Waals surface area (Å²) in [6.07, 6.45) is 6.15. The Morgan fingerprint density at radius 1 is 1.33 bits per heavy atom. The minimum Gasteiger partial charge on any atom is -0.258 e. The molecule has 6 nitrogen and oxygen atoms in total. The molecule has 2 aliphatic rings. The summed E-state index contributed by atoms with van der Waals surface area (Å²) in [6, 6.07) is 5.66. The number of halogens is 1. The van der Waals surface area contributed by atoms with Crippen LogP contribution in [0.3, 0.4) is 0 Å². The Hall–Kier alpha value is -1.60. The van der Waals surface area contributed by atoms with Gasteiger partial charge in [0, 0.05) is 22.9 Å². The number of nitro groups is 1. The van der Waals surface area contributed by atoms with E-state index in [1.165, 1.54) is 19.3 Å². The number of amidine groups is 1. The van der Waals surface area contributed by atoms with Crippen LogP contribution in [0.25, 0.3) is 0 Å². The molecule has 1 saturated carbocycles. The van der Waals surface area contributed by atoms with Crippen LogP contribution in [-0.4, -0.2) is 27.6 Å². The molecular weight excluding hydrogens is 348 g/mol. The van der Waals surface area contributed by atoms with Crippen molar-refractivity contribution >= 4 is 40.7 Å². The number of nitro benzene ring substituents is 1. The van der Waals surface area contributed by atoms with Gasteiger partial charge in [0.15, 0.2) is 5.17 Å². The zero-order chi connectivity index (χ0) is 16.2. The van der Waals surface area contributed by atoms with E-state index in [0.29, 0.717) is 17.4 Å². The first kappa shape index (κ1) is 18.7. The summed E-state index contributed by atoms with van der Waals surface area (Å²) in [5.74, 6) is 0.679. The van der Waals surface area contributed by atoms with Crippen molar-refractivity contribution < 1.29 is 4.92 Å². The second-order valence-corrected chi connectivity index (χ2v) is 6.91. The van der Waals surface area contributed by atoms with Gasteiger partial charge in [0.05, 0.1) is 16.7 Å². The predicted octanol–water partition coefficient (Wildman–Crippen LogP) is 4.05. The number of hydrogen-bond donors (Lipinski definition) is 1. The third-order valence-electron chi connectivity index (χ3n) is 4.25. The Labute approximate surface area is 151 Å². The fourth-order valence-electron chi connectivity index (χ4n) is 2.89. The molecule has 0 bridgehead atoms. The zero-order valence-electron chi connectivity index (χ0n) is 13.5. The van der Waals surface area contributed by atoms with E-state index in [0.717, 1.165) is 29.3 Å². The Kier molecular flexibility index (Phi) is 6.62. The highest BCUT2D eigenvalue weighted by Gasteiger charge is 2.19. The largest absolute Gasteiger partial charge is 0.272 e. The summed E-state index contributed by atoms with van der Waals surface area (Å²) in [5.41, 5.74) is 5.42. The number of rotatable bonds is 3. The van der Waals surface area contributed by atoms with Crippen LogP contribution in [0.2, 0.25) is 0 Å². The minimum absolute atomic E-state index is 0. The molecule has 1 aliphatic heterocycles. The Morgan fingerprint density at radius 3 is 2.71 bits per heavy atom. The molecule has 0 atom stereocenters. The third kappa shape index (κ3) is 4.48. The van der Waals surface area contributed by atoms with Gasteiger partial charge in [-0.2, -0.15) is 5.10 Å². The SMILES string of the molecule is Cc1ccc(C2=NNC(=NC3CCCCC3)SC2)cc1[N+](=O)[O-].Cl. The molecule has 8 heteroatoms. The van der Waals surface area contributed by atoms with Crippen LogP contribution >= 0.6 is 24.2 Å². The van der Waals surface area contributed by atoms with Crippen molar-refractivity contribution in [1.29, 1.82) is 0 Å². The molecule has 1 aliphatic carbocycles. The van der Waals surface area contributed by atoms with Crippen molar-refractivity contribution in [2.24, 2.45) is 10.1 Å². The lowest BCUT2D eigenvalue weighted by molar-refractivity contribution is -0.385.